The smallest absolute Gasteiger partial charge is 0.274 e. The molecule has 0 bridgehead atoms. The Hall–Kier alpha value is -1.20. The van der Waals surface area contributed by atoms with Crippen LogP contribution < -0.4 is 0 Å². The van der Waals surface area contributed by atoms with Crippen molar-refractivity contribution in [1.29, 1.82) is 0 Å². The van der Waals surface area contributed by atoms with E-state index in [0.717, 1.165) is 0 Å². The van der Waals surface area contributed by atoms with Gasteiger partial charge in [-0.25, -0.2) is 9.97 Å². The van der Waals surface area contributed by atoms with E-state index in [1.54, 1.807) is 4.90 Å². The van der Waals surface area contributed by atoms with Crippen LogP contribution in [-0.4, -0.2) is 46.6 Å². The van der Waals surface area contributed by atoms with E-state index in [0.29, 0.717) is 25.4 Å². The number of morpholine rings is 1. The predicted octanol–water partition coefficient (Wildman–Crippen LogP) is 0.991. The second-order valence-electron chi connectivity index (χ2n) is 3.66. The zero-order valence-electron chi connectivity index (χ0n) is 8.89. The van der Waals surface area contributed by atoms with Gasteiger partial charge in [0, 0.05) is 13.1 Å². The summed E-state index contributed by atoms with van der Waals surface area (Å²) in [5, 5.41) is 0.284. The highest BCUT2D eigenvalue weighted by molar-refractivity contribution is 6.29. The summed E-state index contributed by atoms with van der Waals surface area (Å²) in [4.78, 5) is 21.5. The Kier molecular flexibility index (Phi) is 3.36. The number of halogens is 1. The molecule has 16 heavy (non-hydrogen) atoms. The highest BCUT2D eigenvalue weighted by Crippen LogP contribution is 2.09. The maximum atomic E-state index is 12.0. The summed E-state index contributed by atoms with van der Waals surface area (Å²) >= 11 is 5.61. The third-order valence-electron chi connectivity index (χ3n) is 2.37. The van der Waals surface area contributed by atoms with Gasteiger partial charge in [-0.3, -0.25) is 4.79 Å². The molecule has 2 rings (SSSR count). The number of carbonyl (C=O) groups is 1. The quantitative estimate of drug-likeness (QED) is 0.736. The van der Waals surface area contributed by atoms with Crippen LogP contribution in [0.5, 0.6) is 0 Å². The number of ether oxygens (including phenoxy) is 1. The maximum Gasteiger partial charge on any atom is 0.274 e. The number of carbonyl (C=O) groups excluding carboxylic acids is 1. The van der Waals surface area contributed by atoms with E-state index >= 15 is 0 Å². The first-order chi connectivity index (χ1) is 7.66. The van der Waals surface area contributed by atoms with Crippen LogP contribution in [-0.2, 0) is 4.74 Å². The molecule has 1 aromatic heterocycles. The first-order valence-electron chi connectivity index (χ1n) is 5.05. The molecule has 1 aliphatic rings. The second kappa shape index (κ2) is 4.76. The van der Waals surface area contributed by atoms with Gasteiger partial charge >= 0.3 is 0 Å². The SMILES string of the molecule is CC1CN(C(=O)c2cnc(Cl)cn2)CCO1. The van der Waals surface area contributed by atoms with E-state index in [4.69, 9.17) is 16.3 Å². The number of rotatable bonds is 1. The zero-order valence-corrected chi connectivity index (χ0v) is 9.65. The third-order valence-corrected chi connectivity index (χ3v) is 2.56. The Morgan fingerprint density at radius 1 is 1.56 bits per heavy atom. The van der Waals surface area contributed by atoms with Gasteiger partial charge in [-0.1, -0.05) is 11.6 Å². The Morgan fingerprint density at radius 2 is 2.38 bits per heavy atom. The Bertz CT molecular complexity index is 382. The minimum Gasteiger partial charge on any atom is -0.375 e. The predicted molar refractivity (Wildman–Crippen MR) is 58.4 cm³/mol. The number of aromatic nitrogens is 2. The van der Waals surface area contributed by atoms with Crippen LogP contribution in [0.3, 0.4) is 0 Å². The van der Waals surface area contributed by atoms with Gasteiger partial charge in [0.05, 0.1) is 25.1 Å². The molecule has 0 spiro atoms. The van der Waals surface area contributed by atoms with E-state index in [-0.39, 0.29) is 17.2 Å². The molecule has 1 saturated heterocycles. The van der Waals surface area contributed by atoms with Crippen molar-refractivity contribution in [2.75, 3.05) is 19.7 Å². The van der Waals surface area contributed by atoms with Crippen LogP contribution in [0.4, 0.5) is 0 Å². The summed E-state index contributed by atoms with van der Waals surface area (Å²) < 4.78 is 5.36. The largest absolute Gasteiger partial charge is 0.375 e. The van der Waals surface area contributed by atoms with E-state index in [2.05, 4.69) is 9.97 Å². The molecule has 1 aliphatic heterocycles. The van der Waals surface area contributed by atoms with Crippen molar-refractivity contribution >= 4 is 17.5 Å². The summed E-state index contributed by atoms with van der Waals surface area (Å²) in [5.74, 6) is -0.126. The second-order valence-corrected chi connectivity index (χ2v) is 4.04. The molecule has 86 valence electrons. The lowest BCUT2D eigenvalue weighted by atomic mass is 10.2. The van der Waals surface area contributed by atoms with Gasteiger partial charge in [0.25, 0.3) is 5.91 Å². The highest BCUT2D eigenvalue weighted by atomic mass is 35.5. The van der Waals surface area contributed by atoms with Crippen molar-refractivity contribution in [1.82, 2.24) is 14.9 Å². The molecule has 1 aromatic rings. The Balaban J connectivity index is 2.09. The van der Waals surface area contributed by atoms with Gasteiger partial charge in [-0.2, -0.15) is 0 Å². The van der Waals surface area contributed by atoms with E-state index in [1.165, 1.54) is 12.4 Å². The summed E-state index contributed by atoms with van der Waals surface area (Å²) in [6, 6.07) is 0. The van der Waals surface area contributed by atoms with E-state index in [9.17, 15) is 4.79 Å². The molecule has 1 atom stereocenters. The van der Waals surface area contributed by atoms with Crippen LogP contribution >= 0.6 is 11.6 Å². The van der Waals surface area contributed by atoms with Gasteiger partial charge in [-0.05, 0) is 6.92 Å². The molecule has 0 aliphatic carbocycles. The molecule has 5 nitrogen and oxygen atoms in total. The van der Waals surface area contributed by atoms with Gasteiger partial charge < -0.3 is 9.64 Å². The van der Waals surface area contributed by atoms with Crippen molar-refractivity contribution in [2.24, 2.45) is 0 Å². The topological polar surface area (TPSA) is 55.3 Å². The van der Waals surface area contributed by atoms with Crippen LogP contribution in [0, 0.1) is 0 Å². The first-order valence-corrected chi connectivity index (χ1v) is 5.43. The molecule has 1 amide bonds. The number of hydrogen-bond donors (Lipinski definition) is 0. The summed E-state index contributed by atoms with van der Waals surface area (Å²) in [6.07, 6.45) is 2.83. The molecule has 0 radical (unpaired) electrons. The standard InChI is InChI=1S/C10H12ClN3O2/c1-7-6-14(2-3-16-7)10(15)8-4-13-9(11)5-12-8/h4-5,7H,2-3,6H2,1H3. The maximum absolute atomic E-state index is 12.0. The normalized spacial score (nSPS) is 20.9. The average molecular weight is 242 g/mol. The molecule has 0 saturated carbocycles. The number of nitrogens with zero attached hydrogens (tertiary/aromatic N) is 3. The lowest BCUT2D eigenvalue weighted by Crippen LogP contribution is -2.44. The minimum atomic E-state index is -0.126. The summed E-state index contributed by atoms with van der Waals surface area (Å²) in [5.41, 5.74) is 0.318. The first kappa shape index (κ1) is 11.3. The molecule has 0 aromatic carbocycles. The lowest BCUT2D eigenvalue weighted by Gasteiger charge is -2.30. The average Bonchev–Trinajstić information content (AvgIpc) is 2.29. The fraction of sp³-hybridized carbons (Fsp3) is 0.500. The van der Waals surface area contributed by atoms with E-state index < -0.39 is 0 Å². The molecular formula is C10H12ClN3O2. The molecule has 2 heterocycles. The number of hydrogen-bond acceptors (Lipinski definition) is 4. The molecule has 1 unspecified atom stereocenters. The fourth-order valence-corrected chi connectivity index (χ4v) is 1.69. The summed E-state index contributed by atoms with van der Waals surface area (Å²) in [6.45, 7) is 3.68. The van der Waals surface area contributed by atoms with Crippen molar-refractivity contribution in [3.05, 3.63) is 23.2 Å². The third kappa shape index (κ3) is 2.48. The van der Waals surface area contributed by atoms with Crippen LogP contribution in [0.25, 0.3) is 0 Å². The van der Waals surface area contributed by atoms with Crippen molar-refractivity contribution in [3.63, 3.8) is 0 Å². The monoisotopic (exact) mass is 241 g/mol. The van der Waals surface area contributed by atoms with Gasteiger partial charge in [-0.15, -0.1) is 0 Å². The van der Waals surface area contributed by atoms with Gasteiger partial charge in [0.2, 0.25) is 0 Å². The molecule has 0 N–H and O–H groups in total. The zero-order chi connectivity index (χ0) is 11.5. The van der Waals surface area contributed by atoms with Gasteiger partial charge in [0.15, 0.2) is 0 Å². The summed E-state index contributed by atoms with van der Waals surface area (Å²) in [7, 11) is 0. The van der Waals surface area contributed by atoms with Crippen molar-refractivity contribution in [3.8, 4) is 0 Å². The van der Waals surface area contributed by atoms with Crippen LogP contribution in [0.2, 0.25) is 5.15 Å². The van der Waals surface area contributed by atoms with Crippen molar-refractivity contribution in [2.45, 2.75) is 13.0 Å². The van der Waals surface area contributed by atoms with E-state index in [1.807, 2.05) is 6.92 Å². The number of amides is 1. The van der Waals surface area contributed by atoms with Crippen molar-refractivity contribution < 1.29 is 9.53 Å². The Morgan fingerprint density at radius 3 is 3.00 bits per heavy atom. The highest BCUT2D eigenvalue weighted by Gasteiger charge is 2.23. The van der Waals surface area contributed by atoms with Crippen LogP contribution in [0.1, 0.15) is 17.4 Å². The molecule has 6 heteroatoms. The molecule has 1 fully saturated rings. The lowest BCUT2D eigenvalue weighted by molar-refractivity contribution is -0.0126. The minimum absolute atomic E-state index is 0.0676. The molecular weight excluding hydrogens is 230 g/mol. The van der Waals surface area contributed by atoms with Crippen LogP contribution in [0.15, 0.2) is 12.4 Å². The fourth-order valence-electron chi connectivity index (χ4n) is 1.59. The Labute approximate surface area is 98.4 Å². The van der Waals surface area contributed by atoms with Gasteiger partial charge in [0.1, 0.15) is 10.8 Å².